The highest BCUT2D eigenvalue weighted by atomic mass is 16.3. The Morgan fingerprint density at radius 1 is 1.04 bits per heavy atom. The lowest BCUT2D eigenvalue weighted by molar-refractivity contribution is 0.514. The highest BCUT2D eigenvalue weighted by molar-refractivity contribution is 5.92. The summed E-state index contributed by atoms with van der Waals surface area (Å²) in [6, 6.07) is 20.6. The van der Waals surface area contributed by atoms with Crippen LogP contribution in [0.4, 0.5) is 0 Å². The van der Waals surface area contributed by atoms with Gasteiger partial charge >= 0.3 is 0 Å². The maximum absolute atomic E-state index is 9.60. The topological polar surface area (TPSA) is 44.0 Å². The Labute approximate surface area is 159 Å². The van der Waals surface area contributed by atoms with Gasteiger partial charge in [0.15, 0.2) is 0 Å². The molecule has 0 amide bonds. The standard InChI is InChI=1S/C25H21NO/c1-16-3-4-22(11-16)25-14-23-12-20(9-10-21(23)13-24(25)15-26)19-7-5-18(6-8-19)17(2)27/h4-10,12-14,16,27H,2-3,11H2,1H3. The highest BCUT2D eigenvalue weighted by Crippen LogP contribution is 2.36. The van der Waals surface area contributed by atoms with E-state index in [1.807, 2.05) is 30.3 Å². The number of nitriles is 1. The summed E-state index contributed by atoms with van der Waals surface area (Å²) in [6.45, 7) is 5.81. The smallest absolute Gasteiger partial charge is 0.115 e. The van der Waals surface area contributed by atoms with Gasteiger partial charge in [0.05, 0.1) is 11.6 Å². The van der Waals surface area contributed by atoms with Crippen LogP contribution in [-0.4, -0.2) is 5.11 Å². The SMILES string of the molecule is C=C(O)c1ccc(-c2ccc3cc(C#N)c(C4=CCC(C)C4)cc3c2)cc1. The molecule has 0 saturated heterocycles. The Balaban J connectivity index is 1.79. The van der Waals surface area contributed by atoms with Crippen LogP contribution in [0.3, 0.4) is 0 Å². The normalized spacial score (nSPS) is 16.1. The predicted molar refractivity (Wildman–Crippen MR) is 112 cm³/mol. The summed E-state index contributed by atoms with van der Waals surface area (Å²) < 4.78 is 0. The van der Waals surface area contributed by atoms with Gasteiger partial charge in [-0.15, -0.1) is 0 Å². The summed E-state index contributed by atoms with van der Waals surface area (Å²) >= 11 is 0. The number of hydrogen-bond donors (Lipinski definition) is 1. The zero-order valence-corrected chi connectivity index (χ0v) is 15.4. The number of nitrogens with zero attached hydrogens (tertiary/aromatic N) is 1. The van der Waals surface area contributed by atoms with Gasteiger partial charge in [-0.2, -0.15) is 5.26 Å². The molecule has 27 heavy (non-hydrogen) atoms. The summed E-state index contributed by atoms with van der Waals surface area (Å²) in [4.78, 5) is 0. The van der Waals surface area contributed by atoms with E-state index in [1.165, 1.54) is 5.57 Å². The third kappa shape index (κ3) is 3.25. The molecule has 0 radical (unpaired) electrons. The monoisotopic (exact) mass is 351 g/mol. The second-order valence-corrected chi connectivity index (χ2v) is 7.37. The molecule has 0 spiro atoms. The summed E-state index contributed by atoms with van der Waals surface area (Å²) in [7, 11) is 0. The van der Waals surface area contributed by atoms with Gasteiger partial charge in [0.2, 0.25) is 0 Å². The van der Waals surface area contributed by atoms with Gasteiger partial charge in [-0.1, -0.05) is 56.0 Å². The third-order valence-corrected chi connectivity index (χ3v) is 5.33. The summed E-state index contributed by atoms with van der Waals surface area (Å²) in [5.74, 6) is 0.723. The van der Waals surface area contributed by atoms with E-state index < -0.39 is 0 Å². The van der Waals surface area contributed by atoms with Crippen molar-refractivity contribution in [3.05, 3.63) is 83.9 Å². The number of allylic oxidation sites excluding steroid dienone is 2. The van der Waals surface area contributed by atoms with E-state index in [0.29, 0.717) is 5.92 Å². The van der Waals surface area contributed by atoms with Crippen molar-refractivity contribution in [2.24, 2.45) is 5.92 Å². The fourth-order valence-corrected chi connectivity index (χ4v) is 3.80. The molecule has 0 heterocycles. The first-order chi connectivity index (χ1) is 13.0. The van der Waals surface area contributed by atoms with Crippen LogP contribution in [0, 0.1) is 17.2 Å². The Morgan fingerprint density at radius 3 is 2.41 bits per heavy atom. The Bertz CT molecular complexity index is 1110. The van der Waals surface area contributed by atoms with Gasteiger partial charge < -0.3 is 5.11 Å². The molecular formula is C25H21NO. The van der Waals surface area contributed by atoms with E-state index in [0.717, 1.165) is 51.4 Å². The van der Waals surface area contributed by atoms with Crippen molar-refractivity contribution in [1.82, 2.24) is 0 Å². The minimum absolute atomic E-state index is 0.0767. The molecule has 3 aromatic rings. The molecule has 0 saturated carbocycles. The molecule has 132 valence electrons. The van der Waals surface area contributed by atoms with E-state index in [9.17, 15) is 10.4 Å². The third-order valence-electron chi connectivity index (χ3n) is 5.33. The summed E-state index contributed by atoms with van der Waals surface area (Å²) in [5.41, 5.74) is 6.03. The minimum atomic E-state index is 0.0767. The van der Waals surface area contributed by atoms with Crippen LogP contribution >= 0.6 is 0 Å². The van der Waals surface area contributed by atoms with Gasteiger partial charge in [0.1, 0.15) is 5.76 Å². The molecule has 0 fully saturated rings. The molecule has 2 heteroatoms. The lowest BCUT2D eigenvalue weighted by atomic mass is 9.93. The molecular weight excluding hydrogens is 330 g/mol. The largest absolute Gasteiger partial charge is 0.508 e. The van der Waals surface area contributed by atoms with Crippen molar-refractivity contribution >= 4 is 22.1 Å². The maximum atomic E-state index is 9.60. The highest BCUT2D eigenvalue weighted by Gasteiger charge is 2.17. The molecule has 1 unspecified atom stereocenters. The average Bonchev–Trinajstić information content (AvgIpc) is 3.12. The van der Waals surface area contributed by atoms with Crippen LogP contribution in [-0.2, 0) is 0 Å². The lowest BCUT2D eigenvalue weighted by Crippen LogP contribution is -1.92. The molecule has 1 N–H and O–H groups in total. The maximum Gasteiger partial charge on any atom is 0.115 e. The van der Waals surface area contributed by atoms with Crippen LogP contribution in [0.2, 0.25) is 0 Å². The fraction of sp³-hybridized carbons (Fsp3) is 0.160. The van der Waals surface area contributed by atoms with E-state index in [-0.39, 0.29) is 5.76 Å². The molecule has 0 aromatic heterocycles. The predicted octanol–water partition coefficient (Wildman–Crippen LogP) is 6.72. The Hall–Kier alpha value is -3.31. The van der Waals surface area contributed by atoms with Crippen molar-refractivity contribution in [3.8, 4) is 17.2 Å². The molecule has 4 rings (SSSR count). The molecule has 1 aliphatic rings. The number of fused-ring (bicyclic) bond motifs is 1. The molecule has 0 bridgehead atoms. The van der Waals surface area contributed by atoms with E-state index in [1.54, 1.807) is 0 Å². The van der Waals surface area contributed by atoms with Gasteiger partial charge in [0, 0.05) is 5.56 Å². The van der Waals surface area contributed by atoms with Crippen molar-refractivity contribution in [2.45, 2.75) is 19.8 Å². The molecule has 1 aliphatic carbocycles. The second kappa shape index (κ2) is 6.78. The Kier molecular flexibility index (Phi) is 4.30. The minimum Gasteiger partial charge on any atom is -0.508 e. The molecule has 2 nitrogen and oxygen atoms in total. The number of aliphatic hydroxyl groups is 1. The first kappa shape index (κ1) is 17.1. The summed E-state index contributed by atoms with van der Waals surface area (Å²) in [6.07, 6.45) is 4.39. The van der Waals surface area contributed by atoms with Gasteiger partial charge in [-0.3, -0.25) is 0 Å². The number of hydrogen-bond acceptors (Lipinski definition) is 2. The molecule has 3 aromatic carbocycles. The van der Waals surface area contributed by atoms with Crippen LogP contribution in [0.15, 0.2) is 67.3 Å². The fourth-order valence-electron chi connectivity index (χ4n) is 3.80. The van der Waals surface area contributed by atoms with Crippen LogP contribution in [0.25, 0.3) is 33.2 Å². The van der Waals surface area contributed by atoms with Crippen molar-refractivity contribution in [1.29, 1.82) is 5.26 Å². The van der Waals surface area contributed by atoms with Crippen LogP contribution < -0.4 is 0 Å². The van der Waals surface area contributed by atoms with Gasteiger partial charge in [0.25, 0.3) is 0 Å². The van der Waals surface area contributed by atoms with Crippen molar-refractivity contribution < 1.29 is 5.11 Å². The Morgan fingerprint density at radius 2 is 1.78 bits per heavy atom. The van der Waals surface area contributed by atoms with Crippen molar-refractivity contribution in [3.63, 3.8) is 0 Å². The zero-order chi connectivity index (χ0) is 19.0. The first-order valence-corrected chi connectivity index (χ1v) is 9.21. The quantitative estimate of drug-likeness (QED) is 0.532. The number of rotatable bonds is 3. The van der Waals surface area contributed by atoms with Crippen LogP contribution in [0.5, 0.6) is 0 Å². The molecule has 1 atom stereocenters. The van der Waals surface area contributed by atoms with E-state index in [2.05, 4.69) is 49.9 Å². The number of benzene rings is 3. The van der Waals surface area contributed by atoms with E-state index >= 15 is 0 Å². The molecule has 0 aliphatic heterocycles. The van der Waals surface area contributed by atoms with E-state index in [4.69, 9.17) is 0 Å². The summed E-state index contributed by atoms with van der Waals surface area (Å²) in [5, 5.41) is 21.3. The van der Waals surface area contributed by atoms with Crippen molar-refractivity contribution in [2.75, 3.05) is 0 Å². The van der Waals surface area contributed by atoms with Gasteiger partial charge in [-0.25, -0.2) is 0 Å². The van der Waals surface area contributed by atoms with Gasteiger partial charge in [-0.05, 0) is 70.0 Å². The zero-order valence-electron chi connectivity index (χ0n) is 15.4. The second-order valence-electron chi connectivity index (χ2n) is 7.37. The first-order valence-electron chi connectivity index (χ1n) is 9.21. The van der Waals surface area contributed by atoms with Crippen LogP contribution in [0.1, 0.15) is 36.5 Å². The lowest BCUT2D eigenvalue weighted by Gasteiger charge is -2.11. The average molecular weight is 351 g/mol. The number of aliphatic hydroxyl groups excluding tert-OH is 1.